The zero-order valence-electron chi connectivity index (χ0n) is 9.85. The number of aliphatic hydroxyl groups is 3. The fourth-order valence-corrected chi connectivity index (χ4v) is 1.81. The third-order valence-electron chi connectivity index (χ3n) is 2.92. The summed E-state index contributed by atoms with van der Waals surface area (Å²) >= 11 is 0. The molecule has 5 atom stereocenters. The number of ether oxygens (including phenoxy) is 2. The average molecular weight is 253 g/mol. The first kappa shape index (κ1) is 13.5. The van der Waals surface area contributed by atoms with E-state index in [0.717, 1.165) is 5.56 Å². The minimum Gasteiger partial charge on any atom is -0.388 e. The van der Waals surface area contributed by atoms with E-state index in [9.17, 15) is 15.3 Å². The highest BCUT2D eigenvalue weighted by molar-refractivity contribution is 5.18. The van der Waals surface area contributed by atoms with E-state index in [0.29, 0.717) is 0 Å². The first-order valence-corrected chi connectivity index (χ1v) is 5.79. The van der Waals surface area contributed by atoms with Crippen LogP contribution < -0.4 is 0 Å². The van der Waals surface area contributed by atoms with Crippen molar-refractivity contribution in [2.45, 2.75) is 30.7 Å². The molecule has 1 saturated heterocycles. The van der Waals surface area contributed by atoms with Gasteiger partial charge in [-0.05, 0) is 12.5 Å². The van der Waals surface area contributed by atoms with Crippen molar-refractivity contribution in [2.24, 2.45) is 0 Å². The Morgan fingerprint density at radius 3 is 2.50 bits per heavy atom. The standard InChI is InChI=1S/C13H17O5/c1-8(9-5-3-2-4-6-9)18-13-12(16)11(15)10(14)7-17-13/h2-6,8,10-16H,1,7H2/t8?,10-,11-,12+,13+/m1/s1. The van der Waals surface area contributed by atoms with E-state index < -0.39 is 30.7 Å². The van der Waals surface area contributed by atoms with Gasteiger partial charge in [-0.25, -0.2) is 0 Å². The molecule has 1 unspecified atom stereocenters. The van der Waals surface area contributed by atoms with Crippen LogP contribution in [0.3, 0.4) is 0 Å². The molecule has 1 radical (unpaired) electrons. The zero-order chi connectivity index (χ0) is 13.1. The Kier molecular flexibility index (Phi) is 4.31. The van der Waals surface area contributed by atoms with Crippen LogP contribution in [0.2, 0.25) is 0 Å². The van der Waals surface area contributed by atoms with Crippen molar-refractivity contribution in [3.63, 3.8) is 0 Å². The van der Waals surface area contributed by atoms with Crippen molar-refractivity contribution in [1.29, 1.82) is 0 Å². The highest BCUT2D eigenvalue weighted by Gasteiger charge is 2.38. The van der Waals surface area contributed by atoms with Gasteiger partial charge in [-0.15, -0.1) is 0 Å². The van der Waals surface area contributed by atoms with Gasteiger partial charge in [-0.2, -0.15) is 0 Å². The van der Waals surface area contributed by atoms with E-state index in [1.54, 1.807) is 0 Å². The fourth-order valence-electron chi connectivity index (χ4n) is 1.81. The second-order valence-corrected chi connectivity index (χ2v) is 4.29. The lowest BCUT2D eigenvalue weighted by Crippen LogP contribution is -2.53. The molecule has 2 rings (SSSR count). The number of hydrogen-bond acceptors (Lipinski definition) is 5. The molecule has 1 aliphatic rings. The van der Waals surface area contributed by atoms with Gasteiger partial charge in [0.2, 0.25) is 0 Å². The van der Waals surface area contributed by atoms with E-state index in [1.165, 1.54) is 0 Å². The van der Waals surface area contributed by atoms with Crippen LogP contribution in [0.15, 0.2) is 30.3 Å². The van der Waals surface area contributed by atoms with Crippen LogP contribution in [0, 0.1) is 6.92 Å². The lowest BCUT2D eigenvalue weighted by molar-refractivity contribution is -0.279. The molecule has 0 amide bonds. The molecule has 5 heteroatoms. The topological polar surface area (TPSA) is 79.2 Å². The Morgan fingerprint density at radius 1 is 1.17 bits per heavy atom. The first-order chi connectivity index (χ1) is 8.59. The minimum atomic E-state index is -1.29. The predicted molar refractivity (Wildman–Crippen MR) is 63.4 cm³/mol. The fraction of sp³-hybridized carbons (Fsp3) is 0.462. The third kappa shape index (κ3) is 2.88. The Labute approximate surface area is 106 Å². The highest BCUT2D eigenvalue weighted by Crippen LogP contribution is 2.23. The lowest BCUT2D eigenvalue weighted by atomic mass is 10.1. The minimum absolute atomic E-state index is 0.0790. The van der Waals surface area contributed by atoms with Gasteiger partial charge >= 0.3 is 0 Å². The molecule has 1 aliphatic heterocycles. The maximum absolute atomic E-state index is 9.72. The van der Waals surface area contributed by atoms with E-state index in [4.69, 9.17) is 9.47 Å². The summed E-state index contributed by atoms with van der Waals surface area (Å²) in [5.74, 6) is 0. The molecule has 1 heterocycles. The van der Waals surface area contributed by atoms with Crippen molar-refractivity contribution in [3.8, 4) is 0 Å². The van der Waals surface area contributed by atoms with Gasteiger partial charge in [0.15, 0.2) is 6.29 Å². The third-order valence-corrected chi connectivity index (χ3v) is 2.92. The molecule has 0 saturated carbocycles. The van der Waals surface area contributed by atoms with Gasteiger partial charge in [-0.1, -0.05) is 30.3 Å². The SMILES string of the molecule is [CH2]C(O[C@@H]1OC[C@@H](O)[C@@H](O)[C@@H]1O)c1ccccc1. The molecule has 18 heavy (non-hydrogen) atoms. The van der Waals surface area contributed by atoms with Gasteiger partial charge < -0.3 is 24.8 Å². The molecule has 1 fully saturated rings. The maximum Gasteiger partial charge on any atom is 0.186 e. The summed E-state index contributed by atoms with van der Waals surface area (Å²) in [7, 11) is 0. The van der Waals surface area contributed by atoms with Gasteiger partial charge in [0.1, 0.15) is 18.3 Å². The van der Waals surface area contributed by atoms with Crippen molar-refractivity contribution in [2.75, 3.05) is 6.61 Å². The number of rotatable bonds is 3. The summed E-state index contributed by atoms with van der Waals surface area (Å²) in [6, 6.07) is 9.28. The van der Waals surface area contributed by atoms with Crippen molar-refractivity contribution >= 4 is 0 Å². The molecule has 5 nitrogen and oxygen atoms in total. The van der Waals surface area contributed by atoms with Crippen LogP contribution in [0.25, 0.3) is 0 Å². The highest BCUT2D eigenvalue weighted by atomic mass is 16.7. The van der Waals surface area contributed by atoms with Crippen molar-refractivity contribution in [1.82, 2.24) is 0 Å². The molecule has 1 aromatic rings. The Bertz CT molecular complexity index is 369. The number of aliphatic hydroxyl groups excluding tert-OH is 3. The Hall–Kier alpha value is -0.980. The molecule has 0 spiro atoms. The van der Waals surface area contributed by atoms with Crippen LogP contribution in [-0.2, 0) is 9.47 Å². The lowest BCUT2D eigenvalue weighted by Gasteiger charge is -2.36. The molecular formula is C13H17O5. The quantitative estimate of drug-likeness (QED) is 0.707. The Balaban J connectivity index is 1.97. The van der Waals surface area contributed by atoms with Crippen molar-refractivity contribution in [3.05, 3.63) is 42.8 Å². The van der Waals surface area contributed by atoms with Gasteiger partial charge in [-0.3, -0.25) is 0 Å². The van der Waals surface area contributed by atoms with Crippen LogP contribution in [0.4, 0.5) is 0 Å². The molecule has 99 valence electrons. The molecule has 0 bridgehead atoms. The van der Waals surface area contributed by atoms with Gasteiger partial charge in [0.25, 0.3) is 0 Å². The van der Waals surface area contributed by atoms with E-state index in [1.807, 2.05) is 30.3 Å². The molecular weight excluding hydrogens is 236 g/mol. The normalized spacial score (nSPS) is 34.2. The summed E-state index contributed by atoms with van der Waals surface area (Å²) in [5.41, 5.74) is 0.842. The monoisotopic (exact) mass is 253 g/mol. The Morgan fingerprint density at radius 2 is 1.83 bits per heavy atom. The summed E-state index contributed by atoms with van der Waals surface area (Å²) in [6.45, 7) is 3.74. The molecule has 0 aliphatic carbocycles. The van der Waals surface area contributed by atoms with Crippen LogP contribution >= 0.6 is 0 Å². The number of benzene rings is 1. The predicted octanol–water partition coefficient (Wildman–Crippen LogP) is 0.0174. The first-order valence-electron chi connectivity index (χ1n) is 5.79. The summed E-state index contributed by atoms with van der Waals surface area (Å²) in [5, 5.41) is 28.5. The van der Waals surface area contributed by atoms with Crippen LogP contribution in [-0.4, -0.2) is 46.5 Å². The van der Waals surface area contributed by atoms with E-state index in [-0.39, 0.29) is 6.61 Å². The second kappa shape index (κ2) is 5.77. The van der Waals surface area contributed by atoms with Gasteiger partial charge in [0.05, 0.1) is 12.7 Å². The number of hydrogen-bond donors (Lipinski definition) is 3. The maximum atomic E-state index is 9.72. The van der Waals surface area contributed by atoms with E-state index >= 15 is 0 Å². The smallest absolute Gasteiger partial charge is 0.186 e. The zero-order valence-corrected chi connectivity index (χ0v) is 9.85. The summed E-state index contributed by atoms with van der Waals surface area (Å²) in [4.78, 5) is 0. The van der Waals surface area contributed by atoms with Crippen LogP contribution in [0.5, 0.6) is 0 Å². The van der Waals surface area contributed by atoms with E-state index in [2.05, 4.69) is 6.92 Å². The molecule has 3 N–H and O–H groups in total. The molecule has 1 aromatic carbocycles. The summed E-state index contributed by atoms with van der Waals surface area (Å²) < 4.78 is 10.6. The largest absolute Gasteiger partial charge is 0.388 e. The van der Waals surface area contributed by atoms with Crippen molar-refractivity contribution < 1.29 is 24.8 Å². The average Bonchev–Trinajstić information content (AvgIpc) is 2.40. The van der Waals surface area contributed by atoms with Crippen LogP contribution in [0.1, 0.15) is 11.7 Å². The molecule has 0 aromatic heterocycles. The summed E-state index contributed by atoms with van der Waals surface area (Å²) in [6.07, 6.45) is -5.17. The van der Waals surface area contributed by atoms with Gasteiger partial charge in [0, 0.05) is 0 Å². The second-order valence-electron chi connectivity index (χ2n) is 4.29.